The van der Waals surface area contributed by atoms with Crippen LogP contribution in [0.25, 0.3) is 0 Å². The van der Waals surface area contributed by atoms with E-state index in [9.17, 15) is 4.79 Å². The number of aryl methyl sites for hydroxylation is 1. The standard InChI is InChI=1S/C14H18N2O2/c1-8-4-9-10(5-13(8)18-3)12-7-16(2)14(17)6-11(9)15-12/h4-5,11-12,15H,6-7H2,1-3H3. The number of likely N-dealkylation sites (N-methyl/N-ethyl adjacent to an activating group) is 1. The fourth-order valence-corrected chi connectivity index (χ4v) is 3.00. The molecule has 1 fully saturated rings. The van der Waals surface area contributed by atoms with Gasteiger partial charge >= 0.3 is 0 Å². The van der Waals surface area contributed by atoms with Gasteiger partial charge in [-0.25, -0.2) is 0 Å². The summed E-state index contributed by atoms with van der Waals surface area (Å²) in [5, 5.41) is 3.54. The maximum absolute atomic E-state index is 11.9. The molecule has 1 aromatic rings. The highest BCUT2D eigenvalue weighted by Crippen LogP contribution is 2.40. The molecule has 18 heavy (non-hydrogen) atoms. The number of benzene rings is 1. The Balaban J connectivity index is 2.08. The molecule has 96 valence electrons. The van der Waals surface area contributed by atoms with Crippen molar-refractivity contribution in [3.05, 3.63) is 28.8 Å². The third kappa shape index (κ3) is 1.60. The van der Waals surface area contributed by atoms with Crippen LogP contribution in [0.2, 0.25) is 0 Å². The zero-order valence-electron chi connectivity index (χ0n) is 11.0. The molecule has 4 heteroatoms. The van der Waals surface area contributed by atoms with Crippen molar-refractivity contribution in [1.29, 1.82) is 0 Å². The Kier molecular flexibility index (Phi) is 2.55. The van der Waals surface area contributed by atoms with E-state index in [1.54, 1.807) is 7.11 Å². The average molecular weight is 246 g/mol. The lowest BCUT2D eigenvalue weighted by molar-refractivity contribution is -0.129. The van der Waals surface area contributed by atoms with Crippen molar-refractivity contribution in [2.24, 2.45) is 0 Å². The lowest BCUT2D eigenvalue weighted by Crippen LogP contribution is -2.30. The van der Waals surface area contributed by atoms with Crippen molar-refractivity contribution < 1.29 is 9.53 Å². The minimum absolute atomic E-state index is 0.159. The molecular formula is C14H18N2O2. The van der Waals surface area contributed by atoms with E-state index in [0.717, 1.165) is 17.9 Å². The van der Waals surface area contributed by atoms with E-state index in [4.69, 9.17) is 4.74 Å². The van der Waals surface area contributed by atoms with Gasteiger partial charge in [0, 0.05) is 26.1 Å². The maximum Gasteiger partial charge on any atom is 0.224 e. The zero-order chi connectivity index (χ0) is 12.9. The van der Waals surface area contributed by atoms with Crippen molar-refractivity contribution in [2.45, 2.75) is 25.4 Å². The van der Waals surface area contributed by atoms with Gasteiger partial charge in [-0.1, -0.05) is 6.07 Å². The molecular weight excluding hydrogens is 228 g/mol. The van der Waals surface area contributed by atoms with E-state index < -0.39 is 0 Å². The average Bonchev–Trinajstić information content (AvgIpc) is 2.56. The number of hydrogen-bond acceptors (Lipinski definition) is 3. The van der Waals surface area contributed by atoms with Gasteiger partial charge in [0.25, 0.3) is 0 Å². The highest BCUT2D eigenvalue weighted by molar-refractivity contribution is 5.78. The number of carbonyl (C=O) groups excluding carboxylic acids is 1. The zero-order valence-corrected chi connectivity index (χ0v) is 11.0. The van der Waals surface area contributed by atoms with Gasteiger partial charge in [0.1, 0.15) is 5.75 Å². The van der Waals surface area contributed by atoms with Gasteiger partial charge in [-0.05, 0) is 29.7 Å². The van der Waals surface area contributed by atoms with Crippen LogP contribution in [0.5, 0.6) is 5.75 Å². The molecule has 1 amide bonds. The monoisotopic (exact) mass is 246 g/mol. The molecule has 0 aromatic heterocycles. The molecule has 2 heterocycles. The first-order valence-corrected chi connectivity index (χ1v) is 6.28. The maximum atomic E-state index is 11.9. The molecule has 1 N–H and O–H groups in total. The highest BCUT2D eigenvalue weighted by atomic mass is 16.5. The first kappa shape index (κ1) is 11.5. The second-order valence-corrected chi connectivity index (χ2v) is 5.20. The van der Waals surface area contributed by atoms with Crippen LogP contribution in [0.15, 0.2) is 12.1 Å². The Morgan fingerprint density at radius 3 is 2.78 bits per heavy atom. The Labute approximate surface area is 107 Å². The van der Waals surface area contributed by atoms with Crippen LogP contribution in [0.1, 0.15) is 35.2 Å². The Hall–Kier alpha value is -1.55. The van der Waals surface area contributed by atoms with Crippen LogP contribution < -0.4 is 10.1 Å². The summed E-state index contributed by atoms with van der Waals surface area (Å²) >= 11 is 0. The molecule has 4 nitrogen and oxygen atoms in total. The van der Waals surface area contributed by atoms with Gasteiger partial charge in [-0.15, -0.1) is 0 Å². The summed E-state index contributed by atoms with van der Waals surface area (Å²) in [6, 6.07) is 4.67. The summed E-state index contributed by atoms with van der Waals surface area (Å²) in [5.41, 5.74) is 3.67. The van der Waals surface area contributed by atoms with Gasteiger partial charge in [0.05, 0.1) is 13.2 Å². The number of ether oxygens (including phenoxy) is 1. The Bertz CT molecular complexity index is 513. The number of rotatable bonds is 1. The Morgan fingerprint density at radius 2 is 2.06 bits per heavy atom. The molecule has 2 bridgehead atoms. The van der Waals surface area contributed by atoms with Gasteiger partial charge in [0.15, 0.2) is 0 Å². The highest BCUT2D eigenvalue weighted by Gasteiger charge is 2.37. The molecule has 0 radical (unpaired) electrons. The normalized spacial score (nSPS) is 25.9. The molecule has 2 aliphatic rings. The number of nitrogens with zero attached hydrogens (tertiary/aromatic N) is 1. The molecule has 0 saturated carbocycles. The van der Waals surface area contributed by atoms with Crippen LogP contribution in [0, 0.1) is 6.92 Å². The van der Waals surface area contributed by atoms with E-state index in [-0.39, 0.29) is 18.0 Å². The molecule has 3 rings (SSSR count). The SMILES string of the molecule is COc1cc2c(cc1C)C1CC(=O)N(C)CC2N1. The number of methoxy groups -OCH3 is 1. The summed E-state index contributed by atoms with van der Waals surface area (Å²) < 4.78 is 5.39. The van der Waals surface area contributed by atoms with E-state index in [1.807, 2.05) is 18.9 Å². The lowest BCUT2D eigenvalue weighted by Gasteiger charge is -2.21. The van der Waals surface area contributed by atoms with E-state index >= 15 is 0 Å². The predicted molar refractivity (Wildman–Crippen MR) is 68.6 cm³/mol. The largest absolute Gasteiger partial charge is 0.496 e. The van der Waals surface area contributed by atoms with Crippen molar-refractivity contribution in [3.63, 3.8) is 0 Å². The molecule has 1 aromatic carbocycles. The molecule has 0 spiro atoms. The number of nitrogens with one attached hydrogen (secondary N) is 1. The van der Waals surface area contributed by atoms with Crippen molar-refractivity contribution >= 4 is 5.91 Å². The van der Waals surface area contributed by atoms with Crippen molar-refractivity contribution in [3.8, 4) is 5.75 Å². The summed E-state index contributed by atoms with van der Waals surface area (Å²) in [5.74, 6) is 1.14. The van der Waals surface area contributed by atoms with Crippen LogP contribution in [0.4, 0.5) is 0 Å². The summed E-state index contributed by atoms with van der Waals surface area (Å²) in [7, 11) is 3.57. The number of amides is 1. The Morgan fingerprint density at radius 1 is 1.33 bits per heavy atom. The number of hydrogen-bond donors (Lipinski definition) is 1. The van der Waals surface area contributed by atoms with E-state index in [0.29, 0.717) is 6.42 Å². The van der Waals surface area contributed by atoms with Crippen LogP contribution in [0.3, 0.4) is 0 Å². The predicted octanol–water partition coefficient (Wildman–Crippen LogP) is 1.55. The van der Waals surface area contributed by atoms with Crippen LogP contribution in [-0.4, -0.2) is 31.5 Å². The molecule has 2 unspecified atom stereocenters. The fraction of sp³-hybridized carbons (Fsp3) is 0.500. The third-order valence-electron chi connectivity index (χ3n) is 4.01. The van der Waals surface area contributed by atoms with Gasteiger partial charge in [0.2, 0.25) is 5.91 Å². The second kappa shape index (κ2) is 3.99. The van der Waals surface area contributed by atoms with Crippen LogP contribution in [-0.2, 0) is 4.79 Å². The van der Waals surface area contributed by atoms with Gasteiger partial charge in [-0.3, -0.25) is 4.79 Å². The smallest absolute Gasteiger partial charge is 0.224 e. The molecule has 2 aliphatic heterocycles. The fourth-order valence-electron chi connectivity index (χ4n) is 3.00. The van der Waals surface area contributed by atoms with E-state index in [2.05, 4.69) is 17.4 Å². The molecule has 1 saturated heterocycles. The quantitative estimate of drug-likeness (QED) is 0.817. The van der Waals surface area contributed by atoms with Crippen molar-refractivity contribution in [2.75, 3.05) is 20.7 Å². The topological polar surface area (TPSA) is 41.6 Å². The summed E-state index contributed by atoms with van der Waals surface area (Å²) in [6.07, 6.45) is 0.547. The van der Waals surface area contributed by atoms with E-state index in [1.165, 1.54) is 11.1 Å². The minimum Gasteiger partial charge on any atom is -0.496 e. The summed E-state index contributed by atoms with van der Waals surface area (Å²) in [6.45, 7) is 2.78. The first-order valence-electron chi connectivity index (χ1n) is 6.28. The van der Waals surface area contributed by atoms with Crippen molar-refractivity contribution in [1.82, 2.24) is 10.2 Å². The number of carbonyl (C=O) groups is 1. The molecule has 2 atom stereocenters. The third-order valence-corrected chi connectivity index (χ3v) is 4.01. The number of fused-ring (bicyclic) bond motifs is 5. The molecule has 0 aliphatic carbocycles. The minimum atomic E-state index is 0.159. The second-order valence-electron chi connectivity index (χ2n) is 5.20. The summed E-state index contributed by atoms with van der Waals surface area (Å²) in [4.78, 5) is 13.7. The first-order chi connectivity index (χ1) is 8.60. The van der Waals surface area contributed by atoms with Crippen LogP contribution >= 0.6 is 0 Å². The van der Waals surface area contributed by atoms with Gasteiger partial charge < -0.3 is 15.0 Å². The van der Waals surface area contributed by atoms with Gasteiger partial charge in [-0.2, -0.15) is 0 Å². The lowest BCUT2D eigenvalue weighted by atomic mass is 9.95.